The minimum atomic E-state index is -1.40. The van der Waals surface area contributed by atoms with E-state index in [1.165, 1.54) is 36.4 Å². The molecular weight excluding hydrogens is 368 g/mol. The summed E-state index contributed by atoms with van der Waals surface area (Å²) in [5.74, 6) is -5.62. The van der Waals surface area contributed by atoms with Crippen LogP contribution in [0.25, 0.3) is 0 Å². The maximum atomic E-state index is 10.3. The molecule has 0 aliphatic carbocycles. The summed E-state index contributed by atoms with van der Waals surface area (Å²) >= 11 is 0. The van der Waals surface area contributed by atoms with Crippen molar-refractivity contribution in [1.29, 1.82) is 0 Å². The van der Waals surface area contributed by atoms with Gasteiger partial charge in [0.05, 0.1) is 23.9 Å². The second kappa shape index (κ2) is 10.0. The van der Waals surface area contributed by atoms with Crippen LogP contribution in [0, 0.1) is 0 Å². The van der Waals surface area contributed by atoms with Crippen LogP contribution in [-0.2, 0) is 21.7 Å². The van der Waals surface area contributed by atoms with Crippen LogP contribution in [0.5, 0.6) is 0 Å². The molecule has 2 aromatic rings. The van der Waals surface area contributed by atoms with Crippen molar-refractivity contribution in [3.8, 4) is 0 Å². The van der Waals surface area contributed by atoms with Gasteiger partial charge in [0.15, 0.2) is 0 Å². The summed E-state index contributed by atoms with van der Waals surface area (Å²) in [6, 6.07) is 9.62. The summed E-state index contributed by atoms with van der Waals surface area (Å²) in [4.78, 5) is 41.0. The first kappa shape index (κ1) is 22.0. The molecule has 0 aromatic heterocycles. The third kappa shape index (κ3) is 6.98. The number of carboxylic acids is 4. The molecule has 0 amide bonds. The quantitative estimate of drug-likeness (QED) is 0.505. The van der Waals surface area contributed by atoms with Crippen molar-refractivity contribution in [2.24, 2.45) is 0 Å². The molecule has 0 N–H and O–H groups in total. The molecular formula is C16H8O8Ti. The van der Waals surface area contributed by atoms with Gasteiger partial charge in [0.25, 0.3) is 0 Å². The number of rotatable bonds is 4. The summed E-state index contributed by atoms with van der Waals surface area (Å²) in [5.41, 5.74) is -0.679. The Labute approximate surface area is 156 Å². The molecule has 0 unspecified atom stereocenters. The van der Waals surface area contributed by atoms with E-state index in [-0.39, 0.29) is 44.0 Å². The van der Waals surface area contributed by atoms with Gasteiger partial charge in [-0.05, 0) is 34.4 Å². The fourth-order valence-electron chi connectivity index (χ4n) is 1.55. The Hall–Kier alpha value is -2.97. The molecule has 0 atom stereocenters. The predicted molar refractivity (Wildman–Crippen MR) is 70.2 cm³/mol. The van der Waals surface area contributed by atoms with E-state index >= 15 is 0 Å². The minimum absolute atomic E-state index is 0. The van der Waals surface area contributed by atoms with Gasteiger partial charge in [-0.1, -0.05) is 36.4 Å². The smallest absolute Gasteiger partial charge is 0.545 e. The molecule has 124 valence electrons. The van der Waals surface area contributed by atoms with E-state index in [0.717, 1.165) is 12.1 Å². The summed E-state index contributed by atoms with van der Waals surface area (Å²) in [6.07, 6.45) is 0. The Bertz CT molecular complexity index is 674. The second-order valence-electron chi connectivity index (χ2n) is 4.31. The first-order valence-corrected chi connectivity index (χ1v) is 6.28. The predicted octanol–water partition coefficient (Wildman–Crippen LogP) is -3.18. The molecule has 0 saturated heterocycles. The fourth-order valence-corrected chi connectivity index (χ4v) is 1.55. The zero-order valence-electron chi connectivity index (χ0n) is 12.4. The third-order valence-corrected chi connectivity index (χ3v) is 2.67. The number of benzene rings is 2. The molecule has 0 aliphatic rings. The summed E-state index contributed by atoms with van der Waals surface area (Å²) < 4.78 is 0. The van der Waals surface area contributed by atoms with Crippen LogP contribution in [0.15, 0.2) is 48.5 Å². The fraction of sp³-hybridized carbons (Fsp3) is 0. The average molecular weight is 376 g/mol. The van der Waals surface area contributed by atoms with Crippen LogP contribution in [0.3, 0.4) is 0 Å². The Balaban J connectivity index is 0.000000443. The van der Waals surface area contributed by atoms with Gasteiger partial charge in [0.1, 0.15) is 0 Å². The first-order valence-electron chi connectivity index (χ1n) is 6.28. The zero-order valence-corrected chi connectivity index (χ0v) is 13.9. The van der Waals surface area contributed by atoms with E-state index in [4.69, 9.17) is 0 Å². The minimum Gasteiger partial charge on any atom is -0.545 e. The van der Waals surface area contributed by atoms with Gasteiger partial charge in [0, 0.05) is 0 Å². The van der Waals surface area contributed by atoms with E-state index in [2.05, 4.69) is 0 Å². The van der Waals surface area contributed by atoms with Gasteiger partial charge in [-0.25, -0.2) is 0 Å². The van der Waals surface area contributed by atoms with Crippen LogP contribution in [0.1, 0.15) is 41.4 Å². The Morgan fingerprint density at radius 1 is 0.520 bits per heavy atom. The van der Waals surface area contributed by atoms with Crippen molar-refractivity contribution in [2.75, 3.05) is 0 Å². The van der Waals surface area contributed by atoms with E-state index in [0.29, 0.717) is 0 Å². The summed E-state index contributed by atoms with van der Waals surface area (Å²) in [7, 11) is 0. The van der Waals surface area contributed by atoms with Crippen molar-refractivity contribution in [1.82, 2.24) is 0 Å². The Morgan fingerprint density at radius 3 is 0.880 bits per heavy atom. The van der Waals surface area contributed by atoms with Gasteiger partial charge in [-0.15, -0.1) is 0 Å². The van der Waals surface area contributed by atoms with Crippen LogP contribution in [0.2, 0.25) is 0 Å². The van der Waals surface area contributed by atoms with Crippen LogP contribution < -0.4 is 20.4 Å². The van der Waals surface area contributed by atoms with Crippen LogP contribution in [-0.4, -0.2) is 23.9 Å². The van der Waals surface area contributed by atoms with E-state index in [1.807, 2.05) is 0 Å². The molecule has 0 fully saturated rings. The number of carboxylic acid groups (broad SMARTS) is 4. The van der Waals surface area contributed by atoms with Crippen molar-refractivity contribution in [3.63, 3.8) is 0 Å². The van der Waals surface area contributed by atoms with Gasteiger partial charge in [-0.2, -0.15) is 0 Å². The third-order valence-electron chi connectivity index (χ3n) is 2.67. The van der Waals surface area contributed by atoms with Gasteiger partial charge >= 0.3 is 21.7 Å². The van der Waals surface area contributed by atoms with Crippen molar-refractivity contribution < 1.29 is 61.3 Å². The number of hydrogen-bond acceptors (Lipinski definition) is 8. The SMILES string of the molecule is O=C([O-])c1cccc(C(=O)[O-])c1.O=C([O-])c1cccc(C(=O)[O-])c1.[Ti+4]. The maximum Gasteiger partial charge on any atom is 4.00 e. The van der Waals surface area contributed by atoms with Gasteiger partial charge < -0.3 is 39.6 Å². The molecule has 2 rings (SSSR count). The zero-order chi connectivity index (χ0) is 18.3. The topological polar surface area (TPSA) is 161 Å². The molecule has 25 heavy (non-hydrogen) atoms. The standard InChI is InChI=1S/2C8H6O4.Ti/c2*9-7(10)5-2-1-3-6(4-5)8(11)12;/h2*1-4H,(H,9,10)(H,11,12);/q;;+4/p-4. The number of hydrogen-bond donors (Lipinski definition) is 0. The molecule has 0 aliphatic heterocycles. The average Bonchev–Trinajstić information content (AvgIpc) is 2.55. The normalized spacial score (nSPS) is 8.96. The molecule has 2 aromatic carbocycles. The van der Waals surface area contributed by atoms with E-state index in [1.54, 1.807) is 0 Å². The number of carbonyl (C=O) groups is 4. The molecule has 0 spiro atoms. The molecule has 0 radical (unpaired) electrons. The van der Waals surface area contributed by atoms with Crippen LogP contribution in [0.4, 0.5) is 0 Å². The Morgan fingerprint density at radius 2 is 0.720 bits per heavy atom. The summed E-state index contributed by atoms with van der Waals surface area (Å²) in [5, 5.41) is 41.0. The first-order chi connectivity index (χ1) is 11.2. The van der Waals surface area contributed by atoms with Crippen molar-refractivity contribution in [2.45, 2.75) is 0 Å². The molecule has 0 bridgehead atoms. The van der Waals surface area contributed by atoms with E-state index < -0.39 is 23.9 Å². The van der Waals surface area contributed by atoms with Crippen molar-refractivity contribution in [3.05, 3.63) is 70.8 Å². The van der Waals surface area contributed by atoms with Gasteiger partial charge in [-0.3, -0.25) is 0 Å². The molecule has 0 saturated carbocycles. The molecule has 9 heteroatoms. The number of carbonyl (C=O) groups excluding carboxylic acids is 4. The largest absolute Gasteiger partial charge is 4.00 e. The van der Waals surface area contributed by atoms with E-state index in [9.17, 15) is 39.6 Å². The second-order valence-corrected chi connectivity index (χ2v) is 4.31. The van der Waals surface area contributed by atoms with Crippen molar-refractivity contribution >= 4 is 23.9 Å². The maximum absolute atomic E-state index is 10.3. The number of aromatic carboxylic acids is 4. The monoisotopic (exact) mass is 376 g/mol. The van der Waals surface area contributed by atoms with Gasteiger partial charge in [0.2, 0.25) is 0 Å². The van der Waals surface area contributed by atoms with Crippen LogP contribution >= 0.6 is 0 Å². The Kier molecular flexibility index (Phi) is 8.83. The molecule has 8 nitrogen and oxygen atoms in total. The molecule has 0 heterocycles. The summed E-state index contributed by atoms with van der Waals surface area (Å²) in [6.45, 7) is 0.